The predicted molar refractivity (Wildman–Crippen MR) is 85.1 cm³/mol. The second-order valence-corrected chi connectivity index (χ2v) is 6.13. The molecular formula is C13H16Br2N4O. The van der Waals surface area contributed by atoms with Crippen LogP contribution in [0.2, 0.25) is 0 Å². The molecule has 1 aromatic carbocycles. The molecule has 108 valence electrons. The van der Waals surface area contributed by atoms with E-state index in [1.807, 2.05) is 18.3 Å². The summed E-state index contributed by atoms with van der Waals surface area (Å²) in [5.41, 5.74) is 7.70. The van der Waals surface area contributed by atoms with Gasteiger partial charge >= 0.3 is 0 Å². The Morgan fingerprint density at radius 1 is 1.35 bits per heavy atom. The average molecular weight is 404 g/mol. The molecule has 20 heavy (non-hydrogen) atoms. The number of benzene rings is 1. The number of ether oxygens (including phenoxy) is 1. The van der Waals surface area contributed by atoms with Gasteiger partial charge in [-0.1, -0.05) is 18.6 Å². The number of aromatic nitrogens is 3. The first-order chi connectivity index (χ1) is 9.56. The molecule has 0 amide bonds. The zero-order chi connectivity index (χ0) is 14.7. The fraction of sp³-hybridized carbons (Fsp3) is 0.385. The van der Waals surface area contributed by atoms with E-state index in [4.69, 9.17) is 10.5 Å². The van der Waals surface area contributed by atoms with Crippen LogP contribution in [0.5, 0.6) is 5.75 Å². The Hall–Kier alpha value is -0.920. The Labute approximate surface area is 134 Å². The lowest BCUT2D eigenvalue weighted by atomic mass is 10.1. The molecule has 1 heterocycles. The maximum atomic E-state index is 6.06. The lowest BCUT2D eigenvalue weighted by molar-refractivity contribution is 0.411. The second kappa shape index (κ2) is 6.69. The smallest absolute Gasteiger partial charge is 0.135 e. The van der Waals surface area contributed by atoms with E-state index in [2.05, 4.69) is 49.1 Å². The van der Waals surface area contributed by atoms with Gasteiger partial charge in [0.1, 0.15) is 5.75 Å². The van der Waals surface area contributed by atoms with Gasteiger partial charge < -0.3 is 10.5 Å². The van der Waals surface area contributed by atoms with Crippen molar-refractivity contribution >= 4 is 31.9 Å². The molecule has 0 aliphatic carbocycles. The van der Waals surface area contributed by atoms with Crippen LogP contribution in [0.3, 0.4) is 0 Å². The SMILES string of the molecule is CCCC(N)c1cn(-c2cc(OC)c(Br)cc2Br)nn1. The standard InChI is InChI=1S/C13H16Br2N4O/c1-3-4-10(16)11-7-19(18-17-11)12-6-13(20-2)9(15)5-8(12)14/h5-7,10H,3-4,16H2,1-2H3. The average Bonchev–Trinajstić information content (AvgIpc) is 2.89. The maximum Gasteiger partial charge on any atom is 0.135 e. The van der Waals surface area contributed by atoms with E-state index in [1.165, 1.54) is 0 Å². The fourth-order valence-corrected chi connectivity index (χ4v) is 3.21. The topological polar surface area (TPSA) is 66.0 Å². The summed E-state index contributed by atoms with van der Waals surface area (Å²) >= 11 is 6.96. The summed E-state index contributed by atoms with van der Waals surface area (Å²) in [6.07, 6.45) is 3.76. The summed E-state index contributed by atoms with van der Waals surface area (Å²) in [5.74, 6) is 0.734. The third-order valence-electron chi connectivity index (χ3n) is 2.96. The third kappa shape index (κ3) is 3.21. The molecule has 0 fully saturated rings. The minimum Gasteiger partial charge on any atom is -0.495 e. The molecule has 0 saturated heterocycles. The molecule has 1 unspecified atom stereocenters. The first kappa shape index (κ1) is 15.5. The van der Waals surface area contributed by atoms with Crippen molar-refractivity contribution in [2.24, 2.45) is 5.73 Å². The molecule has 1 atom stereocenters. The van der Waals surface area contributed by atoms with E-state index in [9.17, 15) is 0 Å². The first-order valence-corrected chi connectivity index (χ1v) is 7.86. The number of nitrogens with zero attached hydrogens (tertiary/aromatic N) is 3. The van der Waals surface area contributed by atoms with E-state index in [-0.39, 0.29) is 6.04 Å². The van der Waals surface area contributed by atoms with Gasteiger partial charge in [-0.15, -0.1) is 5.10 Å². The Bertz CT molecular complexity index is 600. The van der Waals surface area contributed by atoms with Crippen molar-refractivity contribution in [1.82, 2.24) is 15.0 Å². The van der Waals surface area contributed by atoms with Crippen molar-refractivity contribution in [2.45, 2.75) is 25.8 Å². The van der Waals surface area contributed by atoms with Crippen LogP contribution in [-0.2, 0) is 0 Å². The van der Waals surface area contributed by atoms with Crippen molar-refractivity contribution in [1.29, 1.82) is 0 Å². The zero-order valence-electron chi connectivity index (χ0n) is 11.3. The first-order valence-electron chi connectivity index (χ1n) is 6.28. The largest absolute Gasteiger partial charge is 0.495 e. The maximum absolute atomic E-state index is 6.06. The third-order valence-corrected chi connectivity index (χ3v) is 4.21. The van der Waals surface area contributed by atoms with Gasteiger partial charge in [0.2, 0.25) is 0 Å². The molecule has 2 aromatic rings. The molecule has 0 radical (unpaired) electrons. The highest BCUT2D eigenvalue weighted by atomic mass is 79.9. The predicted octanol–water partition coefficient (Wildman–Crippen LogP) is 3.60. The molecule has 0 aliphatic heterocycles. The van der Waals surface area contributed by atoms with Crippen LogP contribution in [-0.4, -0.2) is 22.1 Å². The van der Waals surface area contributed by atoms with Crippen LogP contribution in [0, 0.1) is 0 Å². The lowest BCUT2D eigenvalue weighted by Crippen LogP contribution is -2.10. The quantitative estimate of drug-likeness (QED) is 0.828. The molecule has 1 aromatic heterocycles. The highest BCUT2D eigenvalue weighted by Crippen LogP contribution is 2.33. The van der Waals surface area contributed by atoms with Gasteiger partial charge in [0.15, 0.2) is 0 Å². The molecule has 0 bridgehead atoms. The van der Waals surface area contributed by atoms with E-state index in [0.717, 1.165) is 38.9 Å². The highest BCUT2D eigenvalue weighted by molar-refractivity contribution is 9.11. The van der Waals surface area contributed by atoms with Crippen molar-refractivity contribution in [3.63, 3.8) is 0 Å². The van der Waals surface area contributed by atoms with Gasteiger partial charge in [0.05, 0.1) is 35.2 Å². The molecule has 0 saturated carbocycles. The van der Waals surface area contributed by atoms with Gasteiger partial charge in [-0.05, 0) is 44.3 Å². The van der Waals surface area contributed by atoms with E-state index in [0.29, 0.717) is 0 Å². The Morgan fingerprint density at radius 3 is 2.75 bits per heavy atom. The molecule has 0 spiro atoms. The van der Waals surface area contributed by atoms with E-state index >= 15 is 0 Å². The van der Waals surface area contributed by atoms with Gasteiger partial charge in [0, 0.05) is 10.5 Å². The Kier molecular flexibility index (Phi) is 5.17. The van der Waals surface area contributed by atoms with Gasteiger partial charge in [-0.25, -0.2) is 4.68 Å². The van der Waals surface area contributed by atoms with Crippen molar-refractivity contribution in [3.05, 3.63) is 33.0 Å². The van der Waals surface area contributed by atoms with Crippen molar-refractivity contribution in [2.75, 3.05) is 7.11 Å². The summed E-state index contributed by atoms with van der Waals surface area (Å²) in [5, 5.41) is 8.29. The summed E-state index contributed by atoms with van der Waals surface area (Å²) in [6.45, 7) is 2.10. The molecule has 2 rings (SSSR count). The van der Waals surface area contributed by atoms with Crippen LogP contribution in [0.4, 0.5) is 0 Å². The Morgan fingerprint density at radius 2 is 2.10 bits per heavy atom. The fourth-order valence-electron chi connectivity index (χ4n) is 1.87. The summed E-state index contributed by atoms with van der Waals surface area (Å²) in [4.78, 5) is 0. The van der Waals surface area contributed by atoms with Gasteiger partial charge in [-0.3, -0.25) is 0 Å². The number of hydrogen-bond acceptors (Lipinski definition) is 4. The number of hydrogen-bond donors (Lipinski definition) is 1. The monoisotopic (exact) mass is 402 g/mol. The molecule has 5 nitrogen and oxygen atoms in total. The van der Waals surface area contributed by atoms with E-state index < -0.39 is 0 Å². The molecule has 0 aliphatic rings. The number of rotatable bonds is 5. The molecule has 2 N–H and O–H groups in total. The van der Waals surface area contributed by atoms with Gasteiger partial charge in [-0.2, -0.15) is 0 Å². The van der Waals surface area contributed by atoms with Crippen LogP contribution >= 0.6 is 31.9 Å². The second-order valence-electron chi connectivity index (χ2n) is 4.42. The Balaban J connectivity index is 2.37. The van der Waals surface area contributed by atoms with Crippen LogP contribution in [0.15, 0.2) is 27.3 Å². The minimum absolute atomic E-state index is 0.0788. The molecular weight excluding hydrogens is 388 g/mol. The van der Waals surface area contributed by atoms with Crippen LogP contribution < -0.4 is 10.5 Å². The van der Waals surface area contributed by atoms with E-state index in [1.54, 1.807) is 11.8 Å². The number of nitrogens with two attached hydrogens (primary N) is 1. The van der Waals surface area contributed by atoms with Crippen molar-refractivity contribution < 1.29 is 4.74 Å². The summed E-state index contributed by atoms with van der Waals surface area (Å²) in [6, 6.07) is 3.73. The lowest BCUT2D eigenvalue weighted by Gasteiger charge is -2.09. The number of halogens is 2. The highest BCUT2D eigenvalue weighted by Gasteiger charge is 2.14. The number of methoxy groups -OCH3 is 1. The van der Waals surface area contributed by atoms with Gasteiger partial charge in [0.25, 0.3) is 0 Å². The van der Waals surface area contributed by atoms with Crippen LogP contribution in [0.1, 0.15) is 31.5 Å². The summed E-state index contributed by atoms with van der Waals surface area (Å²) < 4.78 is 8.77. The van der Waals surface area contributed by atoms with Crippen LogP contribution in [0.25, 0.3) is 5.69 Å². The minimum atomic E-state index is -0.0788. The van der Waals surface area contributed by atoms with Crippen molar-refractivity contribution in [3.8, 4) is 11.4 Å². The summed E-state index contributed by atoms with van der Waals surface area (Å²) in [7, 11) is 1.63. The normalized spacial score (nSPS) is 12.4. The molecule has 7 heteroatoms. The zero-order valence-corrected chi connectivity index (χ0v) is 14.5.